The van der Waals surface area contributed by atoms with E-state index in [1.54, 1.807) is 6.49 Å². The van der Waals surface area contributed by atoms with Crippen LogP contribution in [0.2, 0.25) is 0 Å². The number of allylic oxidation sites excluding steroid dienone is 4. The Morgan fingerprint density at radius 2 is 1.00 bits per heavy atom. The van der Waals surface area contributed by atoms with Gasteiger partial charge in [0.05, 0.1) is 0 Å². The van der Waals surface area contributed by atoms with Gasteiger partial charge >= 0.3 is 296 Å². The van der Waals surface area contributed by atoms with Crippen molar-refractivity contribution in [2.45, 2.75) is 62.4 Å². The number of halogens is 2. The van der Waals surface area contributed by atoms with Crippen LogP contribution in [0.25, 0.3) is 32.7 Å². The molecule has 0 heterocycles. The summed E-state index contributed by atoms with van der Waals surface area (Å²) in [7, 11) is 0. The Kier molecular flexibility index (Phi) is 10.2. The largest absolute Gasteiger partial charge is 1.00 e. The van der Waals surface area contributed by atoms with Crippen LogP contribution < -0.4 is 24.8 Å². The number of hydrogen-bond acceptors (Lipinski definition) is 0. The molecule has 3 heteroatoms. The summed E-state index contributed by atoms with van der Waals surface area (Å²) < 4.78 is 3.67. The van der Waals surface area contributed by atoms with Gasteiger partial charge in [0.1, 0.15) is 0 Å². The molecular formula is C47H44Cl2Zr. The summed E-state index contributed by atoms with van der Waals surface area (Å²) in [5.41, 5.74) is 11.7. The maximum Gasteiger partial charge on any atom is -1.00 e. The Morgan fingerprint density at radius 1 is 0.540 bits per heavy atom. The zero-order valence-electron chi connectivity index (χ0n) is 29.8. The minimum atomic E-state index is -2.81. The number of benzene rings is 6. The van der Waals surface area contributed by atoms with Crippen LogP contribution in [0.15, 0.2) is 143 Å². The second-order valence-corrected chi connectivity index (χ2v) is 22.0. The van der Waals surface area contributed by atoms with Gasteiger partial charge in [-0.15, -0.1) is 0 Å². The summed E-state index contributed by atoms with van der Waals surface area (Å²) in [4.78, 5) is 0. The van der Waals surface area contributed by atoms with Crippen LogP contribution in [0, 0.1) is 0 Å². The summed E-state index contributed by atoms with van der Waals surface area (Å²) in [6.45, 7) is 14.1. The van der Waals surface area contributed by atoms with E-state index in [0.717, 1.165) is 6.42 Å². The van der Waals surface area contributed by atoms with Gasteiger partial charge in [-0.3, -0.25) is 0 Å². The van der Waals surface area contributed by atoms with Gasteiger partial charge in [0.15, 0.2) is 0 Å². The first-order valence-electron chi connectivity index (χ1n) is 17.4. The van der Waals surface area contributed by atoms with E-state index in [-0.39, 0.29) is 35.6 Å². The first-order chi connectivity index (χ1) is 23.1. The van der Waals surface area contributed by atoms with Crippen molar-refractivity contribution in [1.29, 1.82) is 0 Å². The third-order valence-corrected chi connectivity index (χ3v) is 18.8. The Balaban J connectivity index is 0.00000216. The van der Waals surface area contributed by atoms with Crippen LogP contribution in [0.3, 0.4) is 0 Å². The fourth-order valence-electron chi connectivity index (χ4n) is 7.80. The number of rotatable bonds is 4. The molecule has 50 heavy (non-hydrogen) atoms. The monoisotopic (exact) mass is 768 g/mol. The summed E-state index contributed by atoms with van der Waals surface area (Å²) in [6, 6.07) is 47.1. The van der Waals surface area contributed by atoms with Crippen LogP contribution in [0.4, 0.5) is 0 Å². The molecule has 0 bridgehead atoms. The Morgan fingerprint density at radius 3 is 1.42 bits per heavy atom. The molecule has 0 unspecified atom stereocenters. The molecule has 0 N–H and O–H groups in total. The van der Waals surface area contributed by atoms with Crippen molar-refractivity contribution < 1.29 is 46.1 Å². The second-order valence-electron chi connectivity index (χ2n) is 15.8. The summed E-state index contributed by atoms with van der Waals surface area (Å²) >= 11 is -2.81. The van der Waals surface area contributed by atoms with Gasteiger partial charge in [0, 0.05) is 0 Å². The van der Waals surface area contributed by atoms with E-state index in [0.29, 0.717) is 3.63 Å². The molecule has 6 aromatic carbocycles. The van der Waals surface area contributed by atoms with Gasteiger partial charge in [0.25, 0.3) is 0 Å². The second kappa shape index (κ2) is 14.0. The fraction of sp³-hybridized carbons (Fsp3) is 0.213. The van der Waals surface area contributed by atoms with Gasteiger partial charge in [-0.25, -0.2) is 0 Å². The summed E-state index contributed by atoms with van der Waals surface area (Å²) in [5, 5.41) is 5.22. The topological polar surface area (TPSA) is 0 Å². The van der Waals surface area contributed by atoms with E-state index in [2.05, 4.69) is 181 Å². The standard InChI is InChI=1S/C21H14.C21H25.C5H5.2ClH.Zr/c1-3-7-20-14-16(9-11-18(20)5-1)13-17-10-12-19-6-2-4-8-21(19)15-17;1-20(2,3)16-9-7-14-11-15-8-10-17(21(4,5)6)13-19(15)18(14)12-16;1-2-4-5-3-1;;;/h1-12,14-15H;7-13H,1-6H3;1-3H,4H2;2*1H;/q;;;;;+2/p-2. The van der Waals surface area contributed by atoms with E-state index < -0.39 is 21.3 Å². The fourth-order valence-corrected chi connectivity index (χ4v) is 16.8. The van der Waals surface area contributed by atoms with Crippen molar-refractivity contribution in [3.8, 4) is 11.1 Å². The van der Waals surface area contributed by atoms with Crippen LogP contribution >= 0.6 is 0 Å². The molecule has 0 saturated heterocycles. The minimum absolute atomic E-state index is 0. The predicted octanol–water partition coefficient (Wildman–Crippen LogP) is 6.40. The molecule has 0 atom stereocenters. The Hall–Kier alpha value is -3.35. The molecule has 0 radical (unpaired) electrons. The van der Waals surface area contributed by atoms with Gasteiger partial charge in [0.2, 0.25) is 0 Å². The van der Waals surface area contributed by atoms with Crippen molar-refractivity contribution in [3.63, 3.8) is 0 Å². The van der Waals surface area contributed by atoms with Crippen molar-refractivity contribution in [3.05, 3.63) is 176 Å². The summed E-state index contributed by atoms with van der Waals surface area (Å²) in [5.74, 6) is 0. The quantitative estimate of drug-likeness (QED) is 0.195. The average Bonchev–Trinajstić information content (AvgIpc) is 3.72. The first-order valence-corrected chi connectivity index (χ1v) is 21.3. The van der Waals surface area contributed by atoms with Gasteiger partial charge in [-0.1, -0.05) is 0 Å². The van der Waals surface area contributed by atoms with Crippen LogP contribution in [0.1, 0.15) is 85.0 Å². The van der Waals surface area contributed by atoms with E-state index in [4.69, 9.17) is 0 Å². The summed E-state index contributed by atoms with van der Waals surface area (Å²) in [6.07, 6.45) is 8.25. The predicted molar refractivity (Wildman–Crippen MR) is 204 cm³/mol. The molecule has 6 aromatic rings. The zero-order chi connectivity index (χ0) is 33.2. The van der Waals surface area contributed by atoms with Crippen molar-refractivity contribution in [2.75, 3.05) is 0 Å². The van der Waals surface area contributed by atoms with Gasteiger partial charge < -0.3 is 24.8 Å². The molecule has 2 aliphatic carbocycles. The molecule has 0 nitrogen and oxygen atoms in total. The van der Waals surface area contributed by atoms with E-state index in [9.17, 15) is 0 Å². The zero-order valence-corrected chi connectivity index (χ0v) is 33.8. The van der Waals surface area contributed by atoms with Gasteiger partial charge in [-0.2, -0.15) is 0 Å². The van der Waals surface area contributed by atoms with E-state index >= 15 is 0 Å². The average molecular weight is 771 g/mol. The van der Waals surface area contributed by atoms with Crippen molar-refractivity contribution in [2.24, 2.45) is 0 Å². The molecule has 0 fully saturated rings. The molecule has 8 rings (SSSR count). The van der Waals surface area contributed by atoms with E-state index in [1.807, 2.05) is 0 Å². The molecule has 2 aliphatic rings. The molecular weight excluding hydrogens is 727 g/mol. The molecule has 0 aliphatic heterocycles. The van der Waals surface area contributed by atoms with Crippen LogP contribution in [-0.4, -0.2) is 3.21 Å². The van der Waals surface area contributed by atoms with Crippen LogP contribution in [-0.2, 0) is 32.1 Å². The van der Waals surface area contributed by atoms with Crippen molar-refractivity contribution >= 4 is 24.8 Å². The first kappa shape index (κ1) is 36.4. The SMILES string of the molecule is CC(C)(C)c1ccc2c(c1)-c1cc(C(C)(C)C)ccc1[CH]2[Zr+2]([C]1=CC=CC1)=[C](c1ccc2ccccc2c1)c1ccc2ccccc2c1.[Cl-].[Cl-]. The molecule has 0 spiro atoms. The number of hydrogen-bond donors (Lipinski definition) is 0. The third kappa shape index (κ3) is 6.59. The maximum absolute atomic E-state index is 2.81. The van der Waals surface area contributed by atoms with Gasteiger partial charge in [-0.05, 0) is 0 Å². The van der Waals surface area contributed by atoms with Crippen molar-refractivity contribution in [1.82, 2.24) is 0 Å². The Labute approximate surface area is 318 Å². The van der Waals surface area contributed by atoms with E-state index in [1.165, 1.54) is 66.1 Å². The third-order valence-electron chi connectivity index (χ3n) is 10.5. The maximum atomic E-state index is 2.54. The number of fused-ring (bicyclic) bond motifs is 5. The molecule has 250 valence electrons. The molecule has 0 aromatic heterocycles. The normalized spacial score (nSPS) is 13.6. The molecule has 0 amide bonds. The van der Waals surface area contributed by atoms with Crippen LogP contribution in [0.5, 0.6) is 0 Å². The Bertz CT molecular complexity index is 2200. The smallest absolute Gasteiger partial charge is 1.00 e. The minimum Gasteiger partial charge on any atom is -1.00 e. The molecule has 0 saturated carbocycles.